The Morgan fingerprint density at radius 1 is 1.28 bits per heavy atom. The number of carbonyl (C=O) groups excluding carboxylic acids is 1. The van der Waals surface area contributed by atoms with Crippen LogP contribution in [0.15, 0.2) is 28.7 Å². The molecule has 1 rings (SSSR count). The molecule has 0 saturated heterocycles. The molecule has 2 N–H and O–H groups in total. The maximum Gasteiger partial charge on any atom is 0.220 e. The molecule has 0 saturated carbocycles. The summed E-state index contributed by atoms with van der Waals surface area (Å²) in [4.78, 5) is 11.8. The predicted molar refractivity (Wildman–Crippen MR) is 78.7 cm³/mol. The summed E-state index contributed by atoms with van der Waals surface area (Å²) in [5, 5.41) is 6.03. The lowest BCUT2D eigenvalue weighted by Crippen LogP contribution is -2.37. The van der Waals surface area contributed by atoms with Gasteiger partial charge in [0.25, 0.3) is 0 Å². The van der Waals surface area contributed by atoms with Gasteiger partial charge in [0.1, 0.15) is 0 Å². The summed E-state index contributed by atoms with van der Waals surface area (Å²) in [5.74, 6) is 0.343. The smallest absolute Gasteiger partial charge is 0.220 e. The van der Waals surface area contributed by atoms with Crippen LogP contribution in [0.3, 0.4) is 0 Å². The molecule has 0 fully saturated rings. The van der Waals surface area contributed by atoms with Crippen LogP contribution in [0.5, 0.6) is 0 Å². The van der Waals surface area contributed by atoms with Gasteiger partial charge in [-0.05, 0) is 37.6 Å². The van der Waals surface area contributed by atoms with Crippen molar-refractivity contribution in [3.63, 3.8) is 0 Å². The lowest BCUT2D eigenvalue weighted by atomic mass is 9.97. The fourth-order valence-corrected chi connectivity index (χ4v) is 1.89. The zero-order chi connectivity index (χ0) is 13.5. The van der Waals surface area contributed by atoms with Gasteiger partial charge in [0.2, 0.25) is 5.91 Å². The number of carbonyl (C=O) groups is 1. The first-order valence-corrected chi connectivity index (χ1v) is 7.01. The molecule has 0 heterocycles. The maximum absolute atomic E-state index is 11.8. The lowest BCUT2D eigenvalue weighted by Gasteiger charge is -2.14. The number of halogens is 1. The SMILES string of the molecule is CNC(C)CNC(=O)CC(C)c1ccc(Br)cc1. The summed E-state index contributed by atoms with van der Waals surface area (Å²) in [7, 11) is 1.89. The first kappa shape index (κ1) is 15.2. The molecule has 0 aliphatic carbocycles. The molecular weight excluding hydrogens is 292 g/mol. The van der Waals surface area contributed by atoms with E-state index in [2.05, 4.69) is 45.6 Å². The van der Waals surface area contributed by atoms with Crippen molar-refractivity contribution >= 4 is 21.8 Å². The Labute approximate surface area is 117 Å². The molecule has 1 aromatic carbocycles. The third kappa shape index (κ3) is 5.19. The largest absolute Gasteiger partial charge is 0.355 e. The van der Waals surface area contributed by atoms with Crippen LogP contribution in [0.4, 0.5) is 0 Å². The fraction of sp³-hybridized carbons (Fsp3) is 0.500. The summed E-state index contributed by atoms with van der Waals surface area (Å²) in [5.41, 5.74) is 1.19. The van der Waals surface area contributed by atoms with E-state index < -0.39 is 0 Å². The molecular formula is C14H21BrN2O. The fourth-order valence-electron chi connectivity index (χ4n) is 1.63. The van der Waals surface area contributed by atoms with Crippen LogP contribution in [0.2, 0.25) is 0 Å². The van der Waals surface area contributed by atoms with E-state index in [9.17, 15) is 4.79 Å². The minimum absolute atomic E-state index is 0.104. The van der Waals surface area contributed by atoms with Gasteiger partial charge in [-0.2, -0.15) is 0 Å². The standard InChI is InChI=1S/C14H21BrN2O/c1-10(12-4-6-13(15)7-5-12)8-14(18)17-9-11(2)16-3/h4-7,10-11,16H,8-9H2,1-3H3,(H,17,18). The van der Waals surface area contributed by atoms with Crippen LogP contribution in [0, 0.1) is 0 Å². The molecule has 0 aliphatic heterocycles. The van der Waals surface area contributed by atoms with Crippen molar-refractivity contribution in [2.45, 2.75) is 32.2 Å². The lowest BCUT2D eigenvalue weighted by molar-refractivity contribution is -0.121. The summed E-state index contributed by atoms with van der Waals surface area (Å²) < 4.78 is 1.06. The van der Waals surface area contributed by atoms with E-state index in [1.807, 2.05) is 26.1 Å². The Morgan fingerprint density at radius 2 is 1.89 bits per heavy atom. The van der Waals surface area contributed by atoms with E-state index in [0.717, 1.165) is 4.47 Å². The number of rotatable bonds is 6. The quantitative estimate of drug-likeness (QED) is 0.848. The highest BCUT2D eigenvalue weighted by Gasteiger charge is 2.11. The van der Waals surface area contributed by atoms with Gasteiger partial charge in [0, 0.05) is 23.5 Å². The highest BCUT2D eigenvalue weighted by Crippen LogP contribution is 2.21. The van der Waals surface area contributed by atoms with Crippen molar-refractivity contribution in [2.24, 2.45) is 0 Å². The van der Waals surface area contributed by atoms with Crippen molar-refractivity contribution in [1.29, 1.82) is 0 Å². The summed E-state index contributed by atoms with van der Waals surface area (Å²) in [6.07, 6.45) is 0.526. The van der Waals surface area contributed by atoms with Crippen molar-refractivity contribution in [1.82, 2.24) is 10.6 Å². The number of hydrogen-bond acceptors (Lipinski definition) is 2. The minimum atomic E-state index is 0.104. The highest BCUT2D eigenvalue weighted by molar-refractivity contribution is 9.10. The number of amides is 1. The molecule has 0 spiro atoms. The number of hydrogen-bond donors (Lipinski definition) is 2. The summed E-state index contributed by atoms with van der Waals surface area (Å²) in [6.45, 7) is 4.78. The molecule has 1 amide bonds. The average Bonchev–Trinajstić information content (AvgIpc) is 2.36. The molecule has 2 unspecified atom stereocenters. The van der Waals surface area contributed by atoms with Crippen LogP contribution in [-0.4, -0.2) is 25.5 Å². The normalized spacial score (nSPS) is 14.0. The zero-order valence-corrected chi connectivity index (χ0v) is 12.8. The molecule has 0 aliphatic rings. The Bertz CT molecular complexity index is 378. The molecule has 1 aromatic rings. The van der Waals surface area contributed by atoms with Gasteiger partial charge in [-0.3, -0.25) is 4.79 Å². The van der Waals surface area contributed by atoms with E-state index in [0.29, 0.717) is 19.0 Å². The third-order valence-electron chi connectivity index (χ3n) is 3.03. The number of benzene rings is 1. The monoisotopic (exact) mass is 312 g/mol. The van der Waals surface area contributed by atoms with Gasteiger partial charge in [0.15, 0.2) is 0 Å². The van der Waals surface area contributed by atoms with E-state index >= 15 is 0 Å². The second-order valence-electron chi connectivity index (χ2n) is 4.65. The third-order valence-corrected chi connectivity index (χ3v) is 3.56. The summed E-state index contributed by atoms with van der Waals surface area (Å²) >= 11 is 3.41. The Balaban J connectivity index is 2.42. The first-order chi connectivity index (χ1) is 8.52. The van der Waals surface area contributed by atoms with Crippen LogP contribution in [0.1, 0.15) is 31.7 Å². The molecule has 0 radical (unpaired) electrons. The average molecular weight is 313 g/mol. The summed E-state index contributed by atoms with van der Waals surface area (Å²) in [6, 6.07) is 8.42. The van der Waals surface area contributed by atoms with Crippen molar-refractivity contribution in [2.75, 3.05) is 13.6 Å². The zero-order valence-electron chi connectivity index (χ0n) is 11.2. The van der Waals surface area contributed by atoms with E-state index in [1.165, 1.54) is 5.56 Å². The molecule has 2 atom stereocenters. The van der Waals surface area contributed by atoms with E-state index in [4.69, 9.17) is 0 Å². The topological polar surface area (TPSA) is 41.1 Å². The number of nitrogens with one attached hydrogen (secondary N) is 2. The highest BCUT2D eigenvalue weighted by atomic mass is 79.9. The van der Waals surface area contributed by atoms with Crippen LogP contribution in [0.25, 0.3) is 0 Å². The van der Waals surface area contributed by atoms with Crippen LogP contribution in [-0.2, 0) is 4.79 Å². The van der Waals surface area contributed by atoms with Gasteiger partial charge in [-0.1, -0.05) is 35.0 Å². The first-order valence-electron chi connectivity index (χ1n) is 6.22. The molecule has 4 heteroatoms. The molecule has 0 aromatic heterocycles. The van der Waals surface area contributed by atoms with Crippen LogP contribution >= 0.6 is 15.9 Å². The van der Waals surface area contributed by atoms with Gasteiger partial charge in [-0.25, -0.2) is 0 Å². The van der Waals surface area contributed by atoms with Gasteiger partial charge in [0.05, 0.1) is 0 Å². The van der Waals surface area contributed by atoms with Gasteiger partial charge < -0.3 is 10.6 Å². The number of likely N-dealkylation sites (N-methyl/N-ethyl adjacent to an activating group) is 1. The molecule has 100 valence electrons. The molecule has 18 heavy (non-hydrogen) atoms. The Kier molecular flexibility index (Phi) is 6.36. The van der Waals surface area contributed by atoms with Gasteiger partial charge in [-0.15, -0.1) is 0 Å². The Morgan fingerprint density at radius 3 is 2.44 bits per heavy atom. The second-order valence-corrected chi connectivity index (χ2v) is 5.57. The van der Waals surface area contributed by atoms with E-state index in [-0.39, 0.29) is 11.8 Å². The van der Waals surface area contributed by atoms with Crippen molar-refractivity contribution in [3.05, 3.63) is 34.3 Å². The maximum atomic E-state index is 11.8. The van der Waals surface area contributed by atoms with E-state index in [1.54, 1.807) is 0 Å². The van der Waals surface area contributed by atoms with Crippen LogP contribution < -0.4 is 10.6 Å². The predicted octanol–water partition coefficient (Wildman–Crippen LogP) is 2.67. The Hall–Kier alpha value is -0.870. The second kappa shape index (κ2) is 7.54. The molecule has 3 nitrogen and oxygen atoms in total. The van der Waals surface area contributed by atoms with Crippen molar-refractivity contribution in [3.8, 4) is 0 Å². The minimum Gasteiger partial charge on any atom is -0.355 e. The van der Waals surface area contributed by atoms with Crippen molar-refractivity contribution < 1.29 is 4.79 Å². The molecule has 0 bridgehead atoms. The van der Waals surface area contributed by atoms with Gasteiger partial charge >= 0.3 is 0 Å².